The predicted molar refractivity (Wildman–Crippen MR) is 138 cm³/mol. The Balaban J connectivity index is 1.59. The summed E-state index contributed by atoms with van der Waals surface area (Å²) < 4.78 is 28.5. The van der Waals surface area contributed by atoms with Crippen LogP contribution < -0.4 is 4.90 Å². The largest absolute Gasteiger partial charge is 0.308 e. The van der Waals surface area contributed by atoms with Gasteiger partial charge in [-0.3, -0.25) is 9.69 Å². The van der Waals surface area contributed by atoms with Gasteiger partial charge in [0.05, 0.1) is 15.1 Å². The van der Waals surface area contributed by atoms with E-state index in [2.05, 4.69) is 11.9 Å². The molecule has 1 saturated heterocycles. The molecule has 2 heterocycles. The van der Waals surface area contributed by atoms with Crippen molar-refractivity contribution in [2.45, 2.75) is 24.7 Å². The monoisotopic (exact) mass is 520 g/mol. The lowest BCUT2D eigenvalue weighted by Crippen LogP contribution is -2.38. The third-order valence-electron chi connectivity index (χ3n) is 6.07. The van der Waals surface area contributed by atoms with E-state index in [9.17, 15) is 13.2 Å². The van der Waals surface area contributed by atoms with Crippen LogP contribution >= 0.6 is 22.9 Å². The number of thiazole rings is 1. The van der Waals surface area contributed by atoms with Crippen LogP contribution in [0.3, 0.4) is 0 Å². The van der Waals surface area contributed by atoms with E-state index in [0.29, 0.717) is 47.8 Å². The van der Waals surface area contributed by atoms with Gasteiger partial charge >= 0.3 is 0 Å². The molecular formula is C24H29ClN4O3S2. The fourth-order valence-electron chi connectivity index (χ4n) is 3.89. The number of halogens is 1. The van der Waals surface area contributed by atoms with Crippen LogP contribution in [-0.2, 0) is 10.0 Å². The number of aromatic nitrogens is 1. The second kappa shape index (κ2) is 10.3. The fourth-order valence-corrected chi connectivity index (χ4v) is 6.62. The minimum Gasteiger partial charge on any atom is -0.308 e. The van der Waals surface area contributed by atoms with Gasteiger partial charge in [0.15, 0.2) is 5.13 Å². The Hall–Kier alpha value is -2.04. The lowest BCUT2D eigenvalue weighted by atomic mass is 10.0. The first kappa shape index (κ1) is 25.1. The van der Waals surface area contributed by atoms with Crippen molar-refractivity contribution in [1.82, 2.24) is 14.2 Å². The fraction of sp³-hybridized carbons (Fsp3) is 0.417. The van der Waals surface area contributed by atoms with E-state index < -0.39 is 10.0 Å². The molecule has 1 aliphatic heterocycles. The Morgan fingerprint density at radius 1 is 1.12 bits per heavy atom. The number of hydrogen-bond acceptors (Lipinski definition) is 6. The lowest BCUT2D eigenvalue weighted by Gasteiger charge is -2.29. The zero-order chi connectivity index (χ0) is 24.5. The number of fused-ring (bicyclic) bond motifs is 1. The number of amides is 1. The topological polar surface area (TPSA) is 73.8 Å². The first-order valence-corrected chi connectivity index (χ1v) is 13.9. The highest BCUT2D eigenvalue weighted by atomic mass is 35.5. The molecule has 182 valence electrons. The van der Waals surface area contributed by atoms with Crippen molar-refractivity contribution in [3.05, 3.63) is 53.1 Å². The Morgan fingerprint density at radius 2 is 1.79 bits per heavy atom. The van der Waals surface area contributed by atoms with Crippen LogP contribution in [0.4, 0.5) is 5.13 Å². The molecule has 0 spiro atoms. The van der Waals surface area contributed by atoms with Gasteiger partial charge in [0.25, 0.3) is 5.91 Å². The lowest BCUT2D eigenvalue weighted by molar-refractivity contribution is 0.0985. The molecular weight excluding hydrogens is 492 g/mol. The average Bonchev–Trinajstić information content (AvgIpc) is 3.22. The van der Waals surface area contributed by atoms with E-state index in [4.69, 9.17) is 11.6 Å². The van der Waals surface area contributed by atoms with Crippen LogP contribution in [0, 0.1) is 5.92 Å². The van der Waals surface area contributed by atoms with E-state index >= 15 is 0 Å². The molecule has 1 amide bonds. The minimum absolute atomic E-state index is 0.216. The number of anilines is 1. The summed E-state index contributed by atoms with van der Waals surface area (Å²) in [6, 6.07) is 11.7. The van der Waals surface area contributed by atoms with E-state index in [-0.39, 0.29) is 10.8 Å². The van der Waals surface area contributed by atoms with Gasteiger partial charge in [0.1, 0.15) is 0 Å². The summed E-state index contributed by atoms with van der Waals surface area (Å²) in [7, 11) is 0.328. The Kier molecular flexibility index (Phi) is 7.59. The Morgan fingerprint density at radius 3 is 2.44 bits per heavy atom. The number of benzene rings is 2. The van der Waals surface area contributed by atoms with Crippen molar-refractivity contribution in [3.8, 4) is 0 Å². The maximum atomic E-state index is 13.5. The van der Waals surface area contributed by atoms with Crippen molar-refractivity contribution < 1.29 is 13.2 Å². The van der Waals surface area contributed by atoms with Gasteiger partial charge in [0.2, 0.25) is 10.0 Å². The number of hydrogen-bond donors (Lipinski definition) is 0. The highest BCUT2D eigenvalue weighted by Gasteiger charge is 2.28. The summed E-state index contributed by atoms with van der Waals surface area (Å²) in [6.45, 7) is 4.31. The molecule has 10 heteroatoms. The highest BCUT2D eigenvalue weighted by Crippen LogP contribution is 2.32. The second-order valence-corrected chi connectivity index (χ2v) is 12.4. The molecule has 1 fully saturated rings. The van der Waals surface area contributed by atoms with Gasteiger partial charge in [-0.15, -0.1) is 0 Å². The molecule has 0 bridgehead atoms. The molecule has 1 aromatic heterocycles. The standard InChI is InChI=1S/C24H29ClN4O3S2/c1-17-10-12-28(13-11-17)34(31,32)20-7-4-18(5-8-20)23(30)29(15-14-27(2)3)24-26-21-9-6-19(25)16-22(21)33-24/h4-9,16-17H,10-15H2,1-3H3. The van der Waals surface area contributed by atoms with Crippen LogP contribution in [-0.4, -0.2) is 68.8 Å². The normalized spacial score (nSPS) is 15.8. The van der Waals surface area contributed by atoms with Crippen molar-refractivity contribution in [2.75, 3.05) is 45.2 Å². The van der Waals surface area contributed by atoms with Crippen molar-refractivity contribution in [1.29, 1.82) is 0 Å². The third-order valence-corrected chi connectivity index (χ3v) is 9.26. The number of nitrogens with zero attached hydrogens (tertiary/aromatic N) is 4. The smallest absolute Gasteiger partial charge is 0.260 e. The number of rotatable bonds is 7. The van der Waals surface area contributed by atoms with Crippen LogP contribution in [0.15, 0.2) is 47.4 Å². The summed E-state index contributed by atoms with van der Waals surface area (Å²) in [4.78, 5) is 22.0. The molecule has 0 saturated carbocycles. The summed E-state index contributed by atoms with van der Waals surface area (Å²) in [5.41, 5.74) is 1.20. The first-order valence-electron chi connectivity index (χ1n) is 11.3. The second-order valence-electron chi connectivity index (χ2n) is 8.98. The van der Waals surface area contributed by atoms with Crippen molar-refractivity contribution in [3.63, 3.8) is 0 Å². The Labute approximate surface area is 210 Å². The van der Waals surface area contributed by atoms with E-state index in [0.717, 1.165) is 23.1 Å². The number of carbonyl (C=O) groups is 1. The maximum Gasteiger partial charge on any atom is 0.260 e. The summed E-state index contributed by atoms with van der Waals surface area (Å²) in [5.74, 6) is 0.320. The molecule has 0 atom stereocenters. The van der Waals surface area contributed by atoms with Crippen LogP contribution in [0.25, 0.3) is 10.2 Å². The molecule has 4 rings (SSSR count). The first-order chi connectivity index (χ1) is 16.1. The van der Waals surface area contributed by atoms with Crippen molar-refractivity contribution >= 4 is 54.2 Å². The molecule has 34 heavy (non-hydrogen) atoms. The van der Waals surface area contributed by atoms with Gasteiger partial charge in [-0.1, -0.05) is 29.9 Å². The number of carbonyl (C=O) groups excluding carboxylic acids is 1. The Bertz CT molecular complexity index is 1270. The molecule has 3 aromatic rings. The van der Waals surface area contributed by atoms with Crippen molar-refractivity contribution in [2.24, 2.45) is 5.92 Å². The van der Waals surface area contributed by atoms with E-state index in [1.165, 1.54) is 23.5 Å². The molecule has 0 aliphatic carbocycles. The number of likely N-dealkylation sites (N-methyl/N-ethyl adjacent to an activating group) is 1. The molecule has 0 radical (unpaired) electrons. The van der Waals surface area contributed by atoms with Gasteiger partial charge < -0.3 is 4.90 Å². The van der Waals surface area contributed by atoms with Gasteiger partial charge in [-0.05, 0) is 75.3 Å². The van der Waals surface area contributed by atoms with E-state index in [1.54, 1.807) is 27.4 Å². The quantitative estimate of drug-likeness (QED) is 0.456. The molecule has 0 unspecified atom stereocenters. The highest BCUT2D eigenvalue weighted by molar-refractivity contribution is 7.89. The van der Waals surface area contributed by atoms with Gasteiger partial charge in [-0.25, -0.2) is 13.4 Å². The molecule has 1 aliphatic rings. The number of sulfonamides is 1. The zero-order valence-electron chi connectivity index (χ0n) is 19.6. The molecule has 0 N–H and O–H groups in total. The average molecular weight is 521 g/mol. The van der Waals surface area contributed by atoms with Crippen LogP contribution in [0.2, 0.25) is 5.02 Å². The van der Waals surface area contributed by atoms with Gasteiger partial charge in [0, 0.05) is 36.8 Å². The van der Waals surface area contributed by atoms with Gasteiger partial charge in [-0.2, -0.15) is 4.31 Å². The van der Waals surface area contributed by atoms with Crippen LogP contribution in [0.5, 0.6) is 0 Å². The maximum absolute atomic E-state index is 13.5. The third kappa shape index (κ3) is 5.44. The summed E-state index contributed by atoms with van der Waals surface area (Å²) in [6.07, 6.45) is 1.73. The minimum atomic E-state index is -3.56. The summed E-state index contributed by atoms with van der Waals surface area (Å²) in [5, 5.41) is 1.21. The van der Waals surface area contributed by atoms with E-state index in [1.807, 2.05) is 31.1 Å². The number of piperidine rings is 1. The summed E-state index contributed by atoms with van der Waals surface area (Å²) >= 11 is 7.53. The SMILES string of the molecule is CC1CCN(S(=O)(=O)c2ccc(C(=O)N(CCN(C)C)c3nc4ccc(Cl)cc4s3)cc2)CC1. The predicted octanol–water partition coefficient (Wildman–Crippen LogP) is 4.58. The van der Waals surface area contributed by atoms with Crippen LogP contribution in [0.1, 0.15) is 30.1 Å². The molecule has 2 aromatic carbocycles. The molecule has 7 nitrogen and oxygen atoms in total. The zero-order valence-corrected chi connectivity index (χ0v) is 22.0.